The van der Waals surface area contributed by atoms with E-state index in [0.29, 0.717) is 5.57 Å². The molecular weight excluding hydrogens is 144 g/mol. The lowest BCUT2D eigenvalue weighted by Gasteiger charge is -1.96. The van der Waals surface area contributed by atoms with E-state index < -0.39 is 0 Å². The Balaban J connectivity index is 3.74. The highest BCUT2D eigenvalue weighted by Gasteiger charge is 1.95. The third kappa shape index (κ3) is 5.33. The maximum Gasteiger partial charge on any atom is 0.302 e. The topological polar surface area (TPSA) is 43.4 Å². The van der Waals surface area contributed by atoms with Gasteiger partial charge < -0.3 is 4.74 Å². The van der Waals surface area contributed by atoms with E-state index in [-0.39, 0.29) is 18.4 Å². The molecular formula is C8H12O3. The molecule has 0 fully saturated rings. The number of rotatable bonds is 3. The van der Waals surface area contributed by atoms with Gasteiger partial charge in [-0.25, -0.2) is 0 Å². The largest absolute Gasteiger partial charge is 0.462 e. The minimum atomic E-state index is -0.336. The minimum absolute atomic E-state index is 0.00264. The van der Waals surface area contributed by atoms with Crippen molar-refractivity contribution in [3.05, 3.63) is 11.6 Å². The van der Waals surface area contributed by atoms with E-state index >= 15 is 0 Å². The van der Waals surface area contributed by atoms with E-state index in [4.69, 9.17) is 0 Å². The van der Waals surface area contributed by atoms with E-state index in [2.05, 4.69) is 4.74 Å². The van der Waals surface area contributed by atoms with Gasteiger partial charge in [-0.2, -0.15) is 0 Å². The van der Waals surface area contributed by atoms with Crippen LogP contribution in [-0.4, -0.2) is 18.4 Å². The normalized spacial score (nSPS) is 11.0. The van der Waals surface area contributed by atoms with Crippen molar-refractivity contribution >= 4 is 11.8 Å². The van der Waals surface area contributed by atoms with Gasteiger partial charge in [0.25, 0.3) is 0 Å². The third-order valence-corrected chi connectivity index (χ3v) is 1.23. The number of Topliss-reactive ketones (excluding diaryl/α,β-unsaturated/α-hetero) is 1. The van der Waals surface area contributed by atoms with Gasteiger partial charge in [-0.3, -0.25) is 9.59 Å². The van der Waals surface area contributed by atoms with Crippen molar-refractivity contribution in [3.8, 4) is 0 Å². The first-order chi connectivity index (χ1) is 5.04. The molecule has 0 heterocycles. The molecule has 0 radical (unpaired) electrons. The number of ether oxygens (including phenoxy) is 1. The molecule has 62 valence electrons. The maximum atomic E-state index is 10.6. The van der Waals surface area contributed by atoms with Gasteiger partial charge in [0.05, 0.1) is 0 Å². The number of ketones is 1. The molecule has 0 rings (SSSR count). The second-order valence-electron chi connectivity index (χ2n) is 2.25. The molecule has 3 nitrogen and oxygen atoms in total. The van der Waals surface area contributed by atoms with Gasteiger partial charge >= 0.3 is 5.97 Å². The van der Waals surface area contributed by atoms with Crippen LogP contribution in [0.2, 0.25) is 0 Å². The van der Waals surface area contributed by atoms with Crippen molar-refractivity contribution in [2.75, 3.05) is 6.61 Å². The fourth-order valence-corrected chi connectivity index (χ4v) is 0.428. The van der Waals surface area contributed by atoms with Crippen LogP contribution in [-0.2, 0) is 14.3 Å². The lowest BCUT2D eigenvalue weighted by atomic mass is 10.2. The summed E-state index contributed by atoms with van der Waals surface area (Å²) < 4.78 is 4.60. The predicted octanol–water partition coefficient (Wildman–Crippen LogP) is 1.08. The highest BCUT2D eigenvalue weighted by molar-refractivity contribution is 5.92. The van der Waals surface area contributed by atoms with Crippen molar-refractivity contribution < 1.29 is 14.3 Å². The SMILES string of the molecule is CC(=O)OC/C=C(/C)C(C)=O. The Morgan fingerprint density at radius 2 is 1.82 bits per heavy atom. The summed E-state index contributed by atoms with van der Waals surface area (Å²) in [5.74, 6) is -0.338. The van der Waals surface area contributed by atoms with E-state index in [1.54, 1.807) is 13.0 Å². The molecule has 0 atom stereocenters. The molecule has 0 aliphatic rings. The average molecular weight is 156 g/mol. The molecule has 0 aliphatic carbocycles. The molecule has 0 spiro atoms. The summed E-state index contributed by atoms with van der Waals surface area (Å²) in [6.45, 7) is 4.67. The zero-order valence-electron chi connectivity index (χ0n) is 7.01. The summed E-state index contributed by atoms with van der Waals surface area (Å²) in [6, 6.07) is 0. The number of esters is 1. The molecule has 0 aromatic heterocycles. The second kappa shape index (κ2) is 4.66. The molecule has 0 saturated heterocycles. The van der Waals surface area contributed by atoms with E-state index in [9.17, 15) is 9.59 Å². The fourth-order valence-electron chi connectivity index (χ4n) is 0.428. The van der Waals surface area contributed by atoms with Gasteiger partial charge in [0, 0.05) is 6.92 Å². The molecule has 0 aromatic rings. The quantitative estimate of drug-likeness (QED) is 0.453. The predicted molar refractivity (Wildman–Crippen MR) is 41.1 cm³/mol. The number of carbonyl (C=O) groups is 2. The van der Waals surface area contributed by atoms with Gasteiger partial charge in [0.2, 0.25) is 0 Å². The van der Waals surface area contributed by atoms with E-state index in [1.165, 1.54) is 13.8 Å². The highest BCUT2D eigenvalue weighted by atomic mass is 16.5. The van der Waals surface area contributed by atoms with Crippen LogP contribution in [0.1, 0.15) is 20.8 Å². The van der Waals surface area contributed by atoms with Gasteiger partial charge in [0.1, 0.15) is 6.61 Å². The number of hydrogen-bond donors (Lipinski definition) is 0. The lowest BCUT2D eigenvalue weighted by Crippen LogP contribution is -2.00. The van der Waals surface area contributed by atoms with Crippen molar-refractivity contribution in [2.24, 2.45) is 0 Å². The summed E-state index contributed by atoms with van der Waals surface area (Å²) in [5, 5.41) is 0. The van der Waals surface area contributed by atoms with Crippen LogP contribution >= 0.6 is 0 Å². The number of hydrogen-bond acceptors (Lipinski definition) is 3. The summed E-state index contributed by atoms with van der Waals surface area (Å²) in [5.41, 5.74) is 0.617. The summed E-state index contributed by atoms with van der Waals surface area (Å²) in [4.78, 5) is 20.9. The molecule has 0 amide bonds. The Morgan fingerprint density at radius 1 is 1.27 bits per heavy atom. The third-order valence-electron chi connectivity index (χ3n) is 1.23. The van der Waals surface area contributed by atoms with Crippen LogP contribution in [0, 0.1) is 0 Å². The summed E-state index contributed by atoms with van der Waals surface area (Å²) in [6.07, 6.45) is 1.59. The van der Waals surface area contributed by atoms with Crippen LogP contribution in [0.15, 0.2) is 11.6 Å². The summed E-state index contributed by atoms with van der Waals surface area (Å²) >= 11 is 0. The van der Waals surface area contributed by atoms with Gasteiger partial charge in [-0.1, -0.05) is 0 Å². The zero-order valence-corrected chi connectivity index (χ0v) is 7.01. The van der Waals surface area contributed by atoms with Crippen molar-refractivity contribution in [1.29, 1.82) is 0 Å². The molecule has 0 bridgehead atoms. The van der Waals surface area contributed by atoms with Gasteiger partial charge in [-0.05, 0) is 25.5 Å². The fraction of sp³-hybridized carbons (Fsp3) is 0.500. The number of allylic oxidation sites excluding steroid dienone is 1. The van der Waals surface area contributed by atoms with Crippen LogP contribution in [0.4, 0.5) is 0 Å². The van der Waals surface area contributed by atoms with E-state index in [1.807, 2.05) is 0 Å². The molecule has 0 aliphatic heterocycles. The monoisotopic (exact) mass is 156 g/mol. The smallest absolute Gasteiger partial charge is 0.302 e. The average Bonchev–Trinajstić information content (AvgIpc) is 1.86. The highest BCUT2D eigenvalue weighted by Crippen LogP contribution is 1.93. The Morgan fingerprint density at radius 3 is 2.18 bits per heavy atom. The Hall–Kier alpha value is -1.12. The standard InChI is InChI=1S/C8H12O3/c1-6(7(2)9)4-5-11-8(3)10/h4H,5H2,1-3H3/b6-4-. The van der Waals surface area contributed by atoms with Gasteiger partial charge in [-0.15, -0.1) is 0 Å². The Kier molecular flexibility index (Phi) is 4.18. The number of carbonyl (C=O) groups excluding carboxylic acids is 2. The van der Waals surface area contributed by atoms with Crippen molar-refractivity contribution in [3.63, 3.8) is 0 Å². The first kappa shape index (κ1) is 9.88. The van der Waals surface area contributed by atoms with Crippen LogP contribution < -0.4 is 0 Å². The molecule has 0 aromatic carbocycles. The van der Waals surface area contributed by atoms with Crippen molar-refractivity contribution in [2.45, 2.75) is 20.8 Å². The molecule has 0 unspecified atom stereocenters. The Labute approximate surface area is 66.0 Å². The Bertz CT molecular complexity index is 192. The summed E-state index contributed by atoms with van der Waals surface area (Å²) in [7, 11) is 0. The molecule has 0 saturated carbocycles. The maximum absolute atomic E-state index is 10.6. The molecule has 3 heteroatoms. The zero-order chi connectivity index (χ0) is 8.85. The molecule has 11 heavy (non-hydrogen) atoms. The minimum Gasteiger partial charge on any atom is -0.462 e. The first-order valence-corrected chi connectivity index (χ1v) is 3.35. The van der Waals surface area contributed by atoms with Crippen LogP contribution in [0.25, 0.3) is 0 Å². The second-order valence-corrected chi connectivity index (χ2v) is 2.25. The lowest BCUT2D eigenvalue weighted by molar-refractivity contribution is -0.139. The first-order valence-electron chi connectivity index (χ1n) is 3.35. The molecule has 0 N–H and O–H groups in total. The van der Waals surface area contributed by atoms with Crippen LogP contribution in [0.5, 0.6) is 0 Å². The van der Waals surface area contributed by atoms with Crippen molar-refractivity contribution in [1.82, 2.24) is 0 Å². The van der Waals surface area contributed by atoms with Gasteiger partial charge in [0.15, 0.2) is 5.78 Å². The van der Waals surface area contributed by atoms with Crippen LogP contribution in [0.3, 0.4) is 0 Å². The van der Waals surface area contributed by atoms with E-state index in [0.717, 1.165) is 0 Å².